The molecule has 0 spiro atoms. The van der Waals surface area contributed by atoms with Crippen LogP contribution in [0.1, 0.15) is 46.0 Å². The van der Waals surface area contributed by atoms with Crippen LogP contribution >= 0.6 is 0 Å². The molecule has 2 N–H and O–H groups in total. The van der Waals surface area contributed by atoms with Gasteiger partial charge in [0.05, 0.1) is 0 Å². The highest BCUT2D eigenvalue weighted by atomic mass is 14.5. The van der Waals surface area contributed by atoms with Crippen molar-refractivity contribution in [2.24, 2.45) is 23.5 Å². The highest BCUT2D eigenvalue weighted by Gasteiger charge is 2.25. The van der Waals surface area contributed by atoms with E-state index in [1.165, 1.54) is 32.1 Å². The minimum atomic E-state index is 0.878. The van der Waals surface area contributed by atoms with E-state index in [4.69, 9.17) is 5.73 Å². The third-order valence-corrected chi connectivity index (χ3v) is 3.34. The molecule has 0 amide bonds. The summed E-state index contributed by atoms with van der Waals surface area (Å²) in [6, 6.07) is 0. The van der Waals surface area contributed by atoms with E-state index >= 15 is 0 Å². The van der Waals surface area contributed by atoms with E-state index in [2.05, 4.69) is 13.8 Å². The summed E-state index contributed by atoms with van der Waals surface area (Å²) in [7, 11) is 0. The topological polar surface area (TPSA) is 26.0 Å². The quantitative estimate of drug-likeness (QED) is 0.688. The molecule has 0 aromatic heterocycles. The van der Waals surface area contributed by atoms with E-state index in [9.17, 15) is 0 Å². The molecule has 0 aromatic rings. The fourth-order valence-electron chi connectivity index (χ4n) is 2.39. The maximum Gasteiger partial charge on any atom is -0.00772 e. The van der Waals surface area contributed by atoms with Gasteiger partial charge in [0.15, 0.2) is 0 Å². The third kappa shape index (κ3) is 2.78. The molecule has 0 aromatic carbocycles. The van der Waals surface area contributed by atoms with Gasteiger partial charge in [-0.3, -0.25) is 0 Å². The Kier molecular flexibility index (Phi) is 4.07. The largest absolute Gasteiger partial charge is 0.330 e. The first kappa shape index (κ1) is 10.0. The Balaban J connectivity index is 2.17. The molecule has 12 heavy (non-hydrogen) atoms. The van der Waals surface area contributed by atoms with E-state index in [0.29, 0.717) is 0 Å². The summed E-state index contributed by atoms with van der Waals surface area (Å²) in [5, 5.41) is 0. The molecule has 1 saturated carbocycles. The van der Waals surface area contributed by atoms with Gasteiger partial charge in [-0.25, -0.2) is 0 Å². The van der Waals surface area contributed by atoms with Crippen LogP contribution in [-0.4, -0.2) is 6.54 Å². The summed E-state index contributed by atoms with van der Waals surface area (Å²) in [5.74, 6) is 2.90. The monoisotopic (exact) mass is 169 g/mol. The van der Waals surface area contributed by atoms with Crippen LogP contribution in [0.2, 0.25) is 0 Å². The molecule has 2 atom stereocenters. The Hall–Kier alpha value is -0.0400. The molecule has 0 heterocycles. The average Bonchev–Trinajstić information content (AvgIpc) is 2.48. The van der Waals surface area contributed by atoms with E-state index < -0.39 is 0 Å². The predicted molar refractivity (Wildman–Crippen MR) is 54.0 cm³/mol. The van der Waals surface area contributed by atoms with Crippen LogP contribution in [0.15, 0.2) is 0 Å². The molecule has 0 radical (unpaired) electrons. The third-order valence-electron chi connectivity index (χ3n) is 3.34. The summed E-state index contributed by atoms with van der Waals surface area (Å²) in [4.78, 5) is 0. The Morgan fingerprint density at radius 2 is 2.08 bits per heavy atom. The van der Waals surface area contributed by atoms with Crippen molar-refractivity contribution in [1.82, 2.24) is 0 Å². The van der Waals surface area contributed by atoms with Gasteiger partial charge in [-0.2, -0.15) is 0 Å². The molecule has 1 heteroatoms. The van der Waals surface area contributed by atoms with Crippen molar-refractivity contribution in [3.63, 3.8) is 0 Å². The molecule has 1 nitrogen and oxygen atoms in total. The number of hydrogen-bond donors (Lipinski definition) is 1. The van der Waals surface area contributed by atoms with E-state index in [1.807, 2.05) is 0 Å². The van der Waals surface area contributed by atoms with Gasteiger partial charge in [-0.05, 0) is 50.0 Å². The first-order valence-corrected chi connectivity index (χ1v) is 5.44. The molecule has 72 valence electrons. The van der Waals surface area contributed by atoms with E-state index in [0.717, 1.165) is 24.3 Å². The molecular weight excluding hydrogens is 146 g/mol. The van der Waals surface area contributed by atoms with Crippen LogP contribution in [0, 0.1) is 17.8 Å². The maximum atomic E-state index is 5.50. The van der Waals surface area contributed by atoms with Crippen LogP contribution in [0.5, 0.6) is 0 Å². The zero-order chi connectivity index (χ0) is 8.97. The maximum absolute atomic E-state index is 5.50. The molecule has 0 aliphatic heterocycles. The lowest BCUT2D eigenvalue weighted by molar-refractivity contribution is 0.371. The fraction of sp³-hybridized carbons (Fsp3) is 1.00. The van der Waals surface area contributed by atoms with Crippen molar-refractivity contribution in [3.8, 4) is 0 Å². The van der Waals surface area contributed by atoms with Crippen LogP contribution in [-0.2, 0) is 0 Å². The number of hydrogen-bond acceptors (Lipinski definition) is 1. The van der Waals surface area contributed by atoms with Crippen molar-refractivity contribution in [2.75, 3.05) is 6.54 Å². The molecular formula is C11H23N. The van der Waals surface area contributed by atoms with Gasteiger partial charge in [0.1, 0.15) is 0 Å². The smallest absolute Gasteiger partial charge is 0.00772 e. The molecule has 1 rings (SSSR count). The molecule has 1 aliphatic rings. The van der Waals surface area contributed by atoms with Gasteiger partial charge in [0, 0.05) is 0 Å². The Morgan fingerprint density at radius 1 is 1.33 bits per heavy atom. The highest BCUT2D eigenvalue weighted by molar-refractivity contribution is 4.77. The van der Waals surface area contributed by atoms with Crippen LogP contribution in [0.3, 0.4) is 0 Å². The normalized spacial score (nSPS) is 30.0. The van der Waals surface area contributed by atoms with Crippen molar-refractivity contribution in [2.45, 2.75) is 46.0 Å². The Labute approximate surface area is 76.7 Å². The van der Waals surface area contributed by atoms with Crippen LogP contribution in [0.4, 0.5) is 0 Å². The molecule has 2 unspecified atom stereocenters. The minimum Gasteiger partial charge on any atom is -0.330 e. The summed E-state index contributed by atoms with van der Waals surface area (Å²) in [5.41, 5.74) is 5.50. The first-order valence-electron chi connectivity index (χ1n) is 5.44. The summed E-state index contributed by atoms with van der Waals surface area (Å²) in [6.07, 6.45) is 7.00. The standard InChI is InChI=1S/C11H23N/c1-9(2)11-6-5-10(8-11)4-3-7-12/h9-11H,3-8,12H2,1-2H3. The van der Waals surface area contributed by atoms with Gasteiger partial charge < -0.3 is 5.73 Å². The lowest BCUT2D eigenvalue weighted by Crippen LogP contribution is -2.05. The van der Waals surface area contributed by atoms with Crippen molar-refractivity contribution in [3.05, 3.63) is 0 Å². The molecule has 0 saturated heterocycles. The number of nitrogens with two attached hydrogens (primary N) is 1. The first-order chi connectivity index (χ1) is 5.74. The fourth-order valence-corrected chi connectivity index (χ4v) is 2.39. The van der Waals surface area contributed by atoms with Gasteiger partial charge in [0.2, 0.25) is 0 Å². The van der Waals surface area contributed by atoms with Crippen LogP contribution < -0.4 is 5.73 Å². The van der Waals surface area contributed by atoms with Gasteiger partial charge in [-0.15, -0.1) is 0 Å². The summed E-state index contributed by atoms with van der Waals surface area (Å²) >= 11 is 0. The van der Waals surface area contributed by atoms with E-state index in [-0.39, 0.29) is 0 Å². The van der Waals surface area contributed by atoms with Crippen LogP contribution in [0.25, 0.3) is 0 Å². The predicted octanol–water partition coefficient (Wildman–Crippen LogP) is 2.80. The van der Waals surface area contributed by atoms with Crippen molar-refractivity contribution >= 4 is 0 Å². The Bertz CT molecular complexity index is 120. The highest BCUT2D eigenvalue weighted by Crippen LogP contribution is 2.37. The summed E-state index contributed by atoms with van der Waals surface area (Å²) < 4.78 is 0. The van der Waals surface area contributed by atoms with Crippen molar-refractivity contribution in [1.29, 1.82) is 0 Å². The van der Waals surface area contributed by atoms with Crippen molar-refractivity contribution < 1.29 is 0 Å². The van der Waals surface area contributed by atoms with Gasteiger partial charge in [0.25, 0.3) is 0 Å². The SMILES string of the molecule is CC(C)C1CCC(CCCN)C1. The van der Waals surface area contributed by atoms with Gasteiger partial charge >= 0.3 is 0 Å². The molecule has 1 fully saturated rings. The minimum absolute atomic E-state index is 0.878. The number of rotatable bonds is 4. The molecule has 1 aliphatic carbocycles. The zero-order valence-electron chi connectivity index (χ0n) is 8.55. The zero-order valence-corrected chi connectivity index (χ0v) is 8.55. The Morgan fingerprint density at radius 3 is 2.58 bits per heavy atom. The second-order valence-corrected chi connectivity index (χ2v) is 4.61. The second-order valence-electron chi connectivity index (χ2n) is 4.61. The van der Waals surface area contributed by atoms with Gasteiger partial charge in [-0.1, -0.05) is 20.3 Å². The lowest BCUT2D eigenvalue weighted by Gasteiger charge is -2.14. The molecule has 0 bridgehead atoms. The summed E-state index contributed by atoms with van der Waals surface area (Å²) in [6.45, 7) is 5.59. The average molecular weight is 169 g/mol. The van der Waals surface area contributed by atoms with E-state index in [1.54, 1.807) is 0 Å². The second kappa shape index (κ2) is 4.86. The lowest BCUT2D eigenvalue weighted by atomic mass is 9.92.